The number of nitrogens with one attached hydrogen (secondary N) is 3. The van der Waals surface area contributed by atoms with Gasteiger partial charge in [-0.15, -0.1) is 0 Å². The van der Waals surface area contributed by atoms with Crippen molar-refractivity contribution in [3.05, 3.63) is 57.6 Å². The summed E-state index contributed by atoms with van der Waals surface area (Å²) in [5.41, 5.74) is 7.08. The summed E-state index contributed by atoms with van der Waals surface area (Å²) in [4.78, 5) is 51.6. The number of morpholine rings is 1. The van der Waals surface area contributed by atoms with Gasteiger partial charge in [0.2, 0.25) is 5.91 Å². The van der Waals surface area contributed by atoms with Crippen LogP contribution in [0.1, 0.15) is 20.7 Å². The molecule has 1 heterocycles. The third kappa shape index (κ3) is 7.72. The second kappa shape index (κ2) is 13.1. The number of anilines is 2. The molecule has 198 valence electrons. The second-order valence-corrected chi connectivity index (χ2v) is 8.86. The molecule has 2 aromatic rings. The third-order valence-corrected chi connectivity index (χ3v) is 6.08. The smallest absolute Gasteiger partial charge is 0.330 e. The van der Waals surface area contributed by atoms with Crippen LogP contribution in [0.4, 0.5) is 11.4 Å². The van der Waals surface area contributed by atoms with E-state index in [1.807, 2.05) is 4.90 Å². The largest absolute Gasteiger partial charge is 0.467 e. The molecular weight excluding hydrogens is 525 g/mol. The second-order valence-electron chi connectivity index (χ2n) is 8.05. The molecule has 11 nitrogen and oxygen atoms in total. The molecule has 2 aromatic carbocycles. The normalized spacial score (nSPS) is 13.9. The van der Waals surface area contributed by atoms with Gasteiger partial charge in [-0.05, 0) is 30.3 Å². The lowest BCUT2D eigenvalue weighted by Crippen LogP contribution is -2.50. The molecule has 0 aromatic heterocycles. The minimum atomic E-state index is -1.24. The highest BCUT2D eigenvalue weighted by atomic mass is 35.5. The lowest BCUT2D eigenvalue weighted by Gasteiger charge is -2.29. The topological polar surface area (TPSA) is 152 Å². The van der Waals surface area contributed by atoms with Crippen molar-refractivity contribution in [1.82, 2.24) is 16.0 Å². The van der Waals surface area contributed by atoms with Crippen LogP contribution in [-0.2, 0) is 19.1 Å². The Morgan fingerprint density at radius 1 is 1.05 bits per heavy atom. The zero-order valence-electron chi connectivity index (χ0n) is 20.0. The first-order valence-electron chi connectivity index (χ1n) is 11.3. The number of nitrogens with zero attached hydrogens (tertiary/aromatic N) is 1. The summed E-state index contributed by atoms with van der Waals surface area (Å²) in [6, 6.07) is 8.26. The van der Waals surface area contributed by atoms with Crippen molar-refractivity contribution in [2.24, 2.45) is 0 Å². The Balaban J connectivity index is 1.59. The van der Waals surface area contributed by atoms with Crippen LogP contribution in [0.5, 0.6) is 0 Å². The summed E-state index contributed by atoms with van der Waals surface area (Å²) in [6.45, 7) is 1.77. The summed E-state index contributed by atoms with van der Waals surface area (Å²) in [5.74, 6) is -2.60. The Morgan fingerprint density at radius 2 is 1.73 bits per heavy atom. The van der Waals surface area contributed by atoms with Crippen molar-refractivity contribution >= 4 is 58.3 Å². The third-order valence-electron chi connectivity index (χ3n) is 5.48. The molecule has 5 N–H and O–H groups in total. The van der Waals surface area contributed by atoms with Crippen LogP contribution in [0.15, 0.2) is 36.4 Å². The van der Waals surface area contributed by atoms with Crippen molar-refractivity contribution in [2.45, 2.75) is 6.04 Å². The quantitative estimate of drug-likeness (QED) is 0.268. The Kier molecular flexibility index (Phi) is 9.95. The molecule has 13 heteroatoms. The summed E-state index contributed by atoms with van der Waals surface area (Å²) in [7, 11) is 1.15. The zero-order chi connectivity index (χ0) is 26.9. The highest BCUT2D eigenvalue weighted by Gasteiger charge is 2.26. The zero-order valence-corrected chi connectivity index (χ0v) is 21.5. The van der Waals surface area contributed by atoms with Crippen LogP contribution < -0.4 is 26.6 Å². The molecule has 0 unspecified atom stereocenters. The van der Waals surface area contributed by atoms with E-state index in [2.05, 4.69) is 16.0 Å². The van der Waals surface area contributed by atoms with Gasteiger partial charge in [0.25, 0.3) is 11.8 Å². The Bertz CT molecular complexity index is 1150. The molecule has 3 rings (SSSR count). The Hall–Kier alpha value is -3.54. The van der Waals surface area contributed by atoms with Crippen LogP contribution in [0, 0.1) is 0 Å². The van der Waals surface area contributed by atoms with E-state index >= 15 is 0 Å². The van der Waals surface area contributed by atoms with Crippen LogP contribution in [0.2, 0.25) is 10.0 Å². The van der Waals surface area contributed by atoms with Gasteiger partial charge < -0.3 is 36.1 Å². The van der Waals surface area contributed by atoms with Gasteiger partial charge in [-0.3, -0.25) is 14.4 Å². The van der Waals surface area contributed by atoms with E-state index in [4.69, 9.17) is 38.4 Å². The molecule has 1 atom stereocenters. The molecule has 1 fully saturated rings. The number of hydrogen-bond acceptors (Lipinski definition) is 8. The van der Waals surface area contributed by atoms with Crippen LogP contribution in [-0.4, -0.2) is 76.2 Å². The molecule has 37 heavy (non-hydrogen) atoms. The summed E-state index contributed by atoms with van der Waals surface area (Å²) in [5, 5.41) is 7.61. The maximum Gasteiger partial charge on any atom is 0.330 e. The van der Waals surface area contributed by atoms with E-state index in [1.54, 1.807) is 30.3 Å². The minimum absolute atomic E-state index is 0.0185. The average molecular weight is 552 g/mol. The molecule has 1 aliphatic rings. The number of nitrogens with two attached hydrogens (primary N) is 1. The molecule has 3 amide bonds. The van der Waals surface area contributed by atoms with E-state index < -0.39 is 29.7 Å². The van der Waals surface area contributed by atoms with E-state index in [0.717, 1.165) is 12.8 Å². The first-order valence-corrected chi connectivity index (χ1v) is 12.1. The number of halogens is 2. The highest BCUT2D eigenvalue weighted by Crippen LogP contribution is 2.31. The standard InChI is InChI=1S/C24H27Cl2N5O6/c1-36-24(35)19(12-28-20(32)13-29-22(33)14-3-2-4-15(27)9-14)30-23(34)21-17(25)10-16(11-18(21)26)31-5-7-37-8-6-31/h2-4,9-11,19H,5-8,12-13,27H2,1H3,(H,28,32)(H,29,33)(H,30,34)/t19-/m0/s1. The number of amides is 3. The van der Waals surface area contributed by atoms with Gasteiger partial charge in [0.1, 0.15) is 6.04 Å². The predicted octanol–water partition coefficient (Wildman–Crippen LogP) is 1.23. The van der Waals surface area contributed by atoms with Crippen molar-refractivity contribution in [2.75, 3.05) is 57.1 Å². The van der Waals surface area contributed by atoms with Gasteiger partial charge in [-0.2, -0.15) is 0 Å². The van der Waals surface area contributed by atoms with Gasteiger partial charge >= 0.3 is 5.97 Å². The van der Waals surface area contributed by atoms with Crippen LogP contribution in [0.3, 0.4) is 0 Å². The van der Waals surface area contributed by atoms with Crippen molar-refractivity contribution < 1.29 is 28.7 Å². The Labute approximate surface area is 223 Å². The molecule has 0 saturated carbocycles. The maximum atomic E-state index is 12.9. The fraction of sp³-hybridized carbons (Fsp3) is 0.333. The fourth-order valence-electron chi connectivity index (χ4n) is 3.57. The molecule has 0 aliphatic carbocycles. The fourth-order valence-corrected chi connectivity index (χ4v) is 4.21. The highest BCUT2D eigenvalue weighted by molar-refractivity contribution is 6.40. The number of ether oxygens (including phenoxy) is 2. The first kappa shape index (κ1) is 28.0. The Morgan fingerprint density at radius 3 is 2.35 bits per heavy atom. The lowest BCUT2D eigenvalue weighted by atomic mass is 10.1. The van der Waals surface area contributed by atoms with E-state index in [-0.39, 0.29) is 28.7 Å². The number of rotatable bonds is 9. The number of carbonyl (C=O) groups is 4. The molecule has 0 bridgehead atoms. The number of carbonyl (C=O) groups excluding carboxylic acids is 4. The van der Waals surface area contributed by atoms with Crippen LogP contribution >= 0.6 is 23.2 Å². The van der Waals surface area contributed by atoms with Gasteiger partial charge in [0, 0.05) is 36.6 Å². The average Bonchev–Trinajstić information content (AvgIpc) is 2.89. The lowest BCUT2D eigenvalue weighted by molar-refractivity contribution is -0.142. The number of hydrogen-bond donors (Lipinski definition) is 4. The summed E-state index contributed by atoms with van der Waals surface area (Å²) < 4.78 is 10.1. The molecule has 1 aliphatic heterocycles. The maximum absolute atomic E-state index is 12.9. The summed E-state index contributed by atoms with van der Waals surface area (Å²) in [6.07, 6.45) is 0. The van der Waals surface area contributed by atoms with Gasteiger partial charge in [0.15, 0.2) is 0 Å². The number of esters is 1. The minimum Gasteiger partial charge on any atom is -0.467 e. The number of nitrogen functional groups attached to an aromatic ring is 1. The van der Waals surface area contributed by atoms with Crippen LogP contribution in [0.25, 0.3) is 0 Å². The summed E-state index contributed by atoms with van der Waals surface area (Å²) >= 11 is 12.7. The van der Waals surface area contributed by atoms with E-state index in [9.17, 15) is 19.2 Å². The van der Waals surface area contributed by atoms with Gasteiger partial charge in [-0.25, -0.2) is 4.79 Å². The number of benzene rings is 2. The van der Waals surface area contributed by atoms with Crippen molar-refractivity contribution in [3.8, 4) is 0 Å². The van der Waals surface area contributed by atoms with E-state index in [0.29, 0.717) is 37.6 Å². The monoisotopic (exact) mass is 551 g/mol. The number of methoxy groups -OCH3 is 1. The molecule has 1 saturated heterocycles. The predicted molar refractivity (Wildman–Crippen MR) is 139 cm³/mol. The van der Waals surface area contributed by atoms with Crippen molar-refractivity contribution in [3.63, 3.8) is 0 Å². The molecular formula is C24H27Cl2N5O6. The SMILES string of the molecule is COC(=O)[C@H](CNC(=O)CNC(=O)c1cccc(N)c1)NC(=O)c1c(Cl)cc(N2CCOCC2)cc1Cl. The van der Waals surface area contributed by atoms with Gasteiger partial charge in [-0.1, -0.05) is 29.3 Å². The van der Waals surface area contributed by atoms with E-state index in [1.165, 1.54) is 6.07 Å². The van der Waals surface area contributed by atoms with Gasteiger partial charge in [0.05, 0.1) is 42.5 Å². The van der Waals surface area contributed by atoms with Crippen molar-refractivity contribution in [1.29, 1.82) is 0 Å². The first-order chi connectivity index (χ1) is 17.7. The molecule has 0 radical (unpaired) electrons. The molecule has 0 spiro atoms.